The summed E-state index contributed by atoms with van der Waals surface area (Å²) in [4.78, 5) is 27.9. The van der Waals surface area contributed by atoms with Crippen LogP contribution >= 0.6 is 35.0 Å². The first-order valence-corrected chi connectivity index (χ1v) is 10.9. The van der Waals surface area contributed by atoms with Crippen molar-refractivity contribution in [1.82, 2.24) is 10.2 Å². The van der Waals surface area contributed by atoms with E-state index in [1.807, 2.05) is 49.4 Å². The summed E-state index contributed by atoms with van der Waals surface area (Å²) in [5.74, 6) is 0.357. The van der Waals surface area contributed by atoms with Crippen LogP contribution in [0, 0.1) is 0 Å². The second-order valence-electron chi connectivity index (χ2n) is 6.24. The van der Waals surface area contributed by atoms with Crippen molar-refractivity contribution >= 4 is 46.8 Å². The predicted octanol–water partition coefficient (Wildman–Crippen LogP) is 5.03. The van der Waals surface area contributed by atoms with Gasteiger partial charge in [-0.05, 0) is 49.7 Å². The zero-order valence-corrected chi connectivity index (χ0v) is 18.3. The molecule has 0 spiro atoms. The minimum Gasteiger partial charge on any atom is -0.355 e. The third kappa shape index (κ3) is 6.73. The van der Waals surface area contributed by atoms with Gasteiger partial charge in [0, 0.05) is 40.2 Å². The summed E-state index contributed by atoms with van der Waals surface area (Å²) in [5.41, 5.74) is 0.819. The van der Waals surface area contributed by atoms with Gasteiger partial charge in [0.05, 0.1) is 0 Å². The third-order valence-electron chi connectivity index (χ3n) is 4.22. The molecular weight excluding hydrogens is 415 g/mol. The molecule has 0 fully saturated rings. The fourth-order valence-electron chi connectivity index (χ4n) is 2.65. The maximum atomic E-state index is 12.9. The molecule has 2 aromatic rings. The smallest absolute Gasteiger partial charge is 0.242 e. The van der Waals surface area contributed by atoms with E-state index in [4.69, 9.17) is 23.2 Å². The number of halogens is 2. The summed E-state index contributed by atoms with van der Waals surface area (Å²) in [6.07, 6.45) is 0.321. The number of nitrogens with zero attached hydrogens (tertiary/aromatic N) is 1. The van der Waals surface area contributed by atoms with Crippen molar-refractivity contribution in [2.24, 2.45) is 0 Å². The average molecular weight is 439 g/mol. The molecule has 4 nitrogen and oxygen atoms in total. The molecule has 1 atom stereocenters. The summed E-state index contributed by atoms with van der Waals surface area (Å²) in [6.45, 7) is 4.41. The summed E-state index contributed by atoms with van der Waals surface area (Å²) in [5, 5.41) is 4.05. The van der Waals surface area contributed by atoms with Gasteiger partial charge in [0.1, 0.15) is 6.04 Å². The highest BCUT2D eigenvalue weighted by Crippen LogP contribution is 2.23. The molecule has 2 rings (SSSR count). The molecule has 1 unspecified atom stereocenters. The molecule has 7 heteroatoms. The largest absolute Gasteiger partial charge is 0.355 e. The van der Waals surface area contributed by atoms with Gasteiger partial charge in [0.2, 0.25) is 11.8 Å². The van der Waals surface area contributed by atoms with E-state index in [9.17, 15) is 9.59 Å². The molecule has 0 aliphatic rings. The van der Waals surface area contributed by atoms with Crippen LogP contribution in [0.4, 0.5) is 0 Å². The molecular formula is C21H24Cl2N2O2S. The van der Waals surface area contributed by atoms with Crippen molar-refractivity contribution in [2.45, 2.75) is 37.8 Å². The van der Waals surface area contributed by atoms with Crippen LogP contribution in [-0.4, -0.2) is 35.1 Å². The number of nitrogens with one attached hydrogen (secondary N) is 1. The lowest BCUT2D eigenvalue weighted by atomic mass is 10.1. The summed E-state index contributed by atoms with van der Waals surface area (Å²) in [6, 6.07) is 14.3. The predicted molar refractivity (Wildman–Crippen MR) is 117 cm³/mol. The molecule has 1 N–H and O–H groups in total. The summed E-state index contributed by atoms with van der Waals surface area (Å²) >= 11 is 13.7. The third-order valence-corrected chi connectivity index (χ3v) is 5.85. The van der Waals surface area contributed by atoms with Gasteiger partial charge in [0.25, 0.3) is 0 Å². The summed E-state index contributed by atoms with van der Waals surface area (Å²) < 4.78 is 0. The Labute approximate surface area is 180 Å². The van der Waals surface area contributed by atoms with Gasteiger partial charge < -0.3 is 10.2 Å². The average Bonchev–Trinajstić information content (AvgIpc) is 2.68. The first kappa shape index (κ1) is 22.6. The number of hydrogen-bond acceptors (Lipinski definition) is 3. The minimum absolute atomic E-state index is 0.0832. The highest BCUT2D eigenvalue weighted by Gasteiger charge is 2.26. The fourth-order valence-corrected chi connectivity index (χ4v) is 3.81. The molecule has 0 bridgehead atoms. The zero-order valence-electron chi connectivity index (χ0n) is 16.0. The van der Waals surface area contributed by atoms with Gasteiger partial charge in [-0.1, -0.05) is 41.4 Å². The van der Waals surface area contributed by atoms with E-state index in [-0.39, 0.29) is 11.8 Å². The van der Waals surface area contributed by atoms with Gasteiger partial charge in [0.15, 0.2) is 0 Å². The monoisotopic (exact) mass is 438 g/mol. The van der Waals surface area contributed by atoms with E-state index in [1.54, 1.807) is 29.7 Å². The number of thioether (sulfide) groups is 1. The summed E-state index contributed by atoms with van der Waals surface area (Å²) in [7, 11) is 0. The van der Waals surface area contributed by atoms with Crippen molar-refractivity contribution in [3.8, 4) is 0 Å². The van der Waals surface area contributed by atoms with Crippen molar-refractivity contribution in [3.05, 3.63) is 64.1 Å². The Morgan fingerprint density at radius 1 is 1.11 bits per heavy atom. The molecule has 2 aromatic carbocycles. The van der Waals surface area contributed by atoms with Gasteiger partial charge in [-0.15, -0.1) is 11.8 Å². The lowest BCUT2D eigenvalue weighted by Gasteiger charge is -2.29. The van der Waals surface area contributed by atoms with E-state index >= 15 is 0 Å². The Kier molecular flexibility index (Phi) is 9.16. The first-order chi connectivity index (χ1) is 13.4. The van der Waals surface area contributed by atoms with Crippen LogP contribution in [-0.2, 0) is 16.1 Å². The normalized spacial score (nSPS) is 11.7. The molecule has 0 aliphatic carbocycles. The Bertz CT molecular complexity index is 799. The molecule has 0 saturated carbocycles. The van der Waals surface area contributed by atoms with Crippen LogP contribution in [0.25, 0.3) is 0 Å². The molecule has 150 valence electrons. The number of likely N-dealkylation sites (N-methyl/N-ethyl adjacent to an activating group) is 1. The topological polar surface area (TPSA) is 49.4 Å². The molecule has 0 aliphatic heterocycles. The SMILES string of the molecule is CCNC(=O)C(C)N(Cc1ccccc1Cl)C(=O)CCSc1ccc(Cl)cc1. The number of rotatable bonds is 9. The highest BCUT2D eigenvalue weighted by molar-refractivity contribution is 7.99. The highest BCUT2D eigenvalue weighted by atomic mass is 35.5. The van der Waals surface area contributed by atoms with Gasteiger partial charge in [-0.25, -0.2) is 0 Å². The van der Waals surface area contributed by atoms with Gasteiger partial charge in [-0.2, -0.15) is 0 Å². The van der Waals surface area contributed by atoms with E-state index < -0.39 is 6.04 Å². The van der Waals surface area contributed by atoms with Crippen molar-refractivity contribution < 1.29 is 9.59 Å². The van der Waals surface area contributed by atoms with E-state index in [1.165, 1.54) is 0 Å². The quantitative estimate of drug-likeness (QED) is 0.558. The van der Waals surface area contributed by atoms with Crippen LogP contribution < -0.4 is 5.32 Å². The van der Waals surface area contributed by atoms with Crippen molar-refractivity contribution in [2.75, 3.05) is 12.3 Å². The maximum Gasteiger partial charge on any atom is 0.242 e. The van der Waals surface area contributed by atoms with Crippen LogP contribution in [0.2, 0.25) is 10.0 Å². The van der Waals surface area contributed by atoms with Crippen LogP contribution in [0.1, 0.15) is 25.8 Å². The second-order valence-corrected chi connectivity index (χ2v) is 8.25. The molecule has 0 heterocycles. The fraction of sp³-hybridized carbons (Fsp3) is 0.333. The minimum atomic E-state index is -0.579. The van der Waals surface area contributed by atoms with Crippen molar-refractivity contribution in [3.63, 3.8) is 0 Å². The Balaban J connectivity index is 2.06. The Hall–Kier alpha value is -1.69. The Morgan fingerprint density at radius 3 is 2.43 bits per heavy atom. The van der Waals surface area contributed by atoms with Crippen LogP contribution in [0.3, 0.4) is 0 Å². The number of carbonyl (C=O) groups excluding carboxylic acids is 2. The molecule has 28 heavy (non-hydrogen) atoms. The number of amides is 2. The van der Waals surface area contributed by atoms with E-state index in [0.717, 1.165) is 10.5 Å². The molecule has 0 aromatic heterocycles. The Morgan fingerprint density at radius 2 is 1.79 bits per heavy atom. The number of benzene rings is 2. The first-order valence-electron chi connectivity index (χ1n) is 9.11. The van der Waals surface area contributed by atoms with Gasteiger partial charge >= 0.3 is 0 Å². The van der Waals surface area contributed by atoms with E-state index in [0.29, 0.717) is 35.3 Å². The standard InChI is InChI=1S/C21H24Cl2N2O2S/c1-3-24-21(27)15(2)25(14-16-6-4-5-7-19(16)23)20(26)12-13-28-18-10-8-17(22)9-11-18/h4-11,15H,3,12-14H2,1-2H3,(H,24,27). The lowest BCUT2D eigenvalue weighted by Crippen LogP contribution is -2.47. The number of hydrogen-bond donors (Lipinski definition) is 1. The molecule has 0 saturated heterocycles. The van der Waals surface area contributed by atoms with Crippen LogP contribution in [0.5, 0.6) is 0 Å². The molecule has 2 amide bonds. The van der Waals surface area contributed by atoms with Crippen molar-refractivity contribution in [1.29, 1.82) is 0 Å². The maximum absolute atomic E-state index is 12.9. The number of carbonyl (C=O) groups is 2. The molecule has 0 radical (unpaired) electrons. The lowest BCUT2D eigenvalue weighted by molar-refractivity contribution is -0.140. The second kappa shape index (κ2) is 11.3. The zero-order chi connectivity index (χ0) is 20.5. The van der Waals surface area contributed by atoms with E-state index in [2.05, 4.69) is 5.32 Å². The van der Waals surface area contributed by atoms with Gasteiger partial charge in [-0.3, -0.25) is 9.59 Å². The van der Waals surface area contributed by atoms with Crippen LogP contribution in [0.15, 0.2) is 53.4 Å².